The smallest absolute Gasteiger partial charge is 0.226 e. The second kappa shape index (κ2) is 6.60. The minimum atomic E-state index is -0.184. The fourth-order valence-electron chi connectivity index (χ4n) is 1.72. The predicted molar refractivity (Wildman–Crippen MR) is 77.1 cm³/mol. The lowest BCUT2D eigenvalue weighted by Crippen LogP contribution is -2.25. The van der Waals surface area contributed by atoms with E-state index in [4.69, 9.17) is 9.47 Å². The number of fused-ring (bicyclic) bond motifs is 1. The van der Waals surface area contributed by atoms with Crippen LogP contribution in [-0.4, -0.2) is 31.6 Å². The molecule has 20 heavy (non-hydrogen) atoms. The van der Waals surface area contributed by atoms with E-state index in [1.165, 1.54) is 6.92 Å². The van der Waals surface area contributed by atoms with Gasteiger partial charge in [-0.1, -0.05) is 0 Å². The average molecular weight is 343 g/mol. The Labute approximate surface area is 124 Å². The molecule has 0 atom stereocenters. The third-order valence-electron chi connectivity index (χ3n) is 2.63. The summed E-state index contributed by atoms with van der Waals surface area (Å²) < 4.78 is 11.6. The SMILES string of the molecule is CC(=O)NCCC(=O)Nc1cc2c(cc1Br)OCCO2. The molecule has 0 aromatic heterocycles. The van der Waals surface area contributed by atoms with Crippen LogP contribution in [0.1, 0.15) is 13.3 Å². The molecular weight excluding hydrogens is 328 g/mol. The van der Waals surface area contributed by atoms with Gasteiger partial charge in [-0.3, -0.25) is 9.59 Å². The van der Waals surface area contributed by atoms with Gasteiger partial charge in [-0.15, -0.1) is 0 Å². The summed E-state index contributed by atoms with van der Waals surface area (Å²) >= 11 is 3.38. The molecule has 2 N–H and O–H groups in total. The number of rotatable bonds is 4. The van der Waals surface area contributed by atoms with Crippen LogP contribution in [0.2, 0.25) is 0 Å². The van der Waals surface area contributed by atoms with E-state index >= 15 is 0 Å². The van der Waals surface area contributed by atoms with Gasteiger partial charge in [0.2, 0.25) is 11.8 Å². The number of hydrogen-bond acceptors (Lipinski definition) is 4. The molecule has 0 bridgehead atoms. The van der Waals surface area contributed by atoms with Crippen LogP contribution in [0.5, 0.6) is 11.5 Å². The van der Waals surface area contributed by atoms with E-state index in [0.717, 1.165) is 4.47 Å². The van der Waals surface area contributed by atoms with Crippen LogP contribution in [0.25, 0.3) is 0 Å². The van der Waals surface area contributed by atoms with Crippen LogP contribution in [0.4, 0.5) is 5.69 Å². The van der Waals surface area contributed by atoms with Crippen LogP contribution in [0.3, 0.4) is 0 Å². The van der Waals surface area contributed by atoms with Crippen molar-refractivity contribution in [1.29, 1.82) is 0 Å². The van der Waals surface area contributed by atoms with Crippen molar-refractivity contribution in [2.24, 2.45) is 0 Å². The summed E-state index contributed by atoms with van der Waals surface area (Å²) in [5, 5.41) is 5.33. The van der Waals surface area contributed by atoms with E-state index in [1.807, 2.05) is 0 Å². The monoisotopic (exact) mass is 342 g/mol. The highest BCUT2D eigenvalue weighted by atomic mass is 79.9. The summed E-state index contributed by atoms with van der Waals surface area (Å²) in [6, 6.07) is 3.48. The van der Waals surface area contributed by atoms with Crippen LogP contribution in [0.15, 0.2) is 16.6 Å². The van der Waals surface area contributed by atoms with Crippen LogP contribution >= 0.6 is 15.9 Å². The van der Waals surface area contributed by atoms with Crippen LogP contribution in [0, 0.1) is 0 Å². The average Bonchev–Trinajstić information content (AvgIpc) is 2.39. The number of halogens is 1. The molecule has 1 aliphatic rings. The summed E-state index contributed by atoms with van der Waals surface area (Å²) in [5.41, 5.74) is 0.613. The van der Waals surface area contributed by atoms with Gasteiger partial charge in [-0.2, -0.15) is 0 Å². The Morgan fingerprint density at radius 3 is 2.55 bits per heavy atom. The molecule has 1 heterocycles. The van der Waals surface area contributed by atoms with Gasteiger partial charge < -0.3 is 20.1 Å². The van der Waals surface area contributed by atoms with Crippen molar-refractivity contribution in [3.05, 3.63) is 16.6 Å². The number of amides is 2. The Morgan fingerprint density at radius 1 is 1.25 bits per heavy atom. The Bertz CT molecular complexity index is 533. The first kappa shape index (κ1) is 14.6. The summed E-state index contributed by atoms with van der Waals surface area (Å²) in [4.78, 5) is 22.5. The van der Waals surface area contributed by atoms with Gasteiger partial charge in [-0.05, 0) is 15.9 Å². The molecule has 0 saturated heterocycles. The van der Waals surface area contributed by atoms with Gasteiger partial charge >= 0.3 is 0 Å². The second-order valence-corrected chi connectivity index (χ2v) is 5.11. The van der Waals surface area contributed by atoms with E-state index in [-0.39, 0.29) is 18.2 Å². The van der Waals surface area contributed by atoms with Crippen molar-refractivity contribution in [3.8, 4) is 11.5 Å². The third-order valence-corrected chi connectivity index (χ3v) is 3.29. The van der Waals surface area contributed by atoms with Crippen LogP contribution in [-0.2, 0) is 9.59 Å². The number of anilines is 1. The van der Waals surface area contributed by atoms with Crippen molar-refractivity contribution in [1.82, 2.24) is 5.32 Å². The number of ether oxygens (including phenoxy) is 2. The minimum absolute atomic E-state index is 0.154. The van der Waals surface area contributed by atoms with Gasteiger partial charge in [0, 0.05) is 36.5 Å². The number of carbonyl (C=O) groups excluding carboxylic acids is 2. The van der Waals surface area contributed by atoms with Crippen molar-refractivity contribution in [2.45, 2.75) is 13.3 Å². The molecule has 0 aliphatic carbocycles. The fourth-order valence-corrected chi connectivity index (χ4v) is 2.15. The first-order chi connectivity index (χ1) is 9.56. The molecule has 7 heteroatoms. The van der Waals surface area contributed by atoms with E-state index < -0.39 is 0 Å². The van der Waals surface area contributed by atoms with E-state index in [9.17, 15) is 9.59 Å². The number of carbonyl (C=O) groups is 2. The summed E-state index contributed by atoms with van der Waals surface area (Å²) in [5.74, 6) is 0.922. The van der Waals surface area contributed by atoms with E-state index in [2.05, 4.69) is 26.6 Å². The van der Waals surface area contributed by atoms with E-state index in [1.54, 1.807) is 12.1 Å². The van der Waals surface area contributed by atoms with Crippen molar-refractivity contribution >= 4 is 33.4 Å². The molecule has 1 aromatic carbocycles. The Kier molecular flexibility index (Phi) is 4.84. The standard InChI is InChI=1S/C13H15BrN2O4/c1-8(17)15-3-2-13(18)16-10-7-12-11(6-9(10)14)19-4-5-20-12/h6-7H,2-5H2,1H3,(H,15,17)(H,16,18). The molecule has 2 amide bonds. The molecule has 108 valence electrons. The molecule has 0 saturated carbocycles. The lowest BCUT2D eigenvalue weighted by molar-refractivity contribution is -0.119. The summed E-state index contributed by atoms with van der Waals surface area (Å²) in [7, 11) is 0. The van der Waals surface area contributed by atoms with E-state index in [0.29, 0.717) is 36.9 Å². The Hall–Kier alpha value is -1.76. The number of nitrogens with one attached hydrogen (secondary N) is 2. The highest BCUT2D eigenvalue weighted by molar-refractivity contribution is 9.10. The maximum absolute atomic E-state index is 11.8. The second-order valence-electron chi connectivity index (χ2n) is 4.26. The largest absolute Gasteiger partial charge is 0.486 e. The number of benzene rings is 1. The zero-order valence-electron chi connectivity index (χ0n) is 11.0. The molecule has 2 rings (SSSR count). The summed E-state index contributed by atoms with van der Waals surface area (Å²) in [6.07, 6.45) is 0.209. The van der Waals surface area contributed by atoms with Gasteiger partial charge in [0.05, 0.1) is 5.69 Å². The van der Waals surface area contributed by atoms with Crippen molar-refractivity contribution < 1.29 is 19.1 Å². The fraction of sp³-hybridized carbons (Fsp3) is 0.385. The molecule has 1 aromatic rings. The Morgan fingerprint density at radius 2 is 1.90 bits per heavy atom. The summed E-state index contributed by atoms with van der Waals surface area (Å²) in [6.45, 7) is 2.73. The van der Waals surface area contributed by atoms with Crippen LogP contribution < -0.4 is 20.1 Å². The third kappa shape index (κ3) is 3.86. The molecule has 0 radical (unpaired) electrons. The predicted octanol–water partition coefficient (Wildman–Crippen LogP) is 1.68. The molecule has 6 nitrogen and oxygen atoms in total. The molecule has 0 fully saturated rings. The minimum Gasteiger partial charge on any atom is -0.486 e. The topological polar surface area (TPSA) is 76.7 Å². The van der Waals surface area contributed by atoms with Gasteiger partial charge in [0.1, 0.15) is 13.2 Å². The highest BCUT2D eigenvalue weighted by Gasteiger charge is 2.16. The maximum Gasteiger partial charge on any atom is 0.226 e. The first-order valence-electron chi connectivity index (χ1n) is 6.19. The molecule has 0 spiro atoms. The Balaban J connectivity index is 1.98. The van der Waals surface area contributed by atoms with Crippen molar-refractivity contribution in [2.75, 3.05) is 25.1 Å². The number of hydrogen-bond donors (Lipinski definition) is 2. The van der Waals surface area contributed by atoms with Crippen molar-refractivity contribution in [3.63, 3.8) is 0 Å². The molecular formula is C13H15BrN2O4. The quantitative estimate of drug-likeness (QED) is 0.872. The zero-order chi connectivity index (χ0) is 14.5. The lowest BCUT2D eigenvalue weighted by Gasteiger charge is -2.20. The molecule has 1 aliphatic heterocycles. The molecule has 0 unspecified atom stereocenters. The maximum atomic E-state index is 11.8. The van der Waals surface area contributed by atoms with Gasteiger partial charge in [0.25, 0.3) is 0 Å². The van der Waals surface area contributed by atoms with Gasteiger partial charge in [0.15, 0.2) is 11.5 Å². The first-order valence-corrected chi connectivity index (χ1v) is 6.99. The van der Waals surface area contributed by atoms with Gasteiger partial charge in [-0.25, -0.2) is 0 Å². The highest BCUT2D eigenvalue weighted by Crippen LogP contribution is 2.38. The normalized spacial score (nSPS) is 12.7. The zero-order valence-corrected chi connectivity index (χ0v) is 12.6. The lowest BCUT2D eigenvalue weighted by atomic mass is 10.2.